The minimum atomic E-state index is -1.08. The van der Waals surface area contributed by atoms with E-state index in [9.17, 15) is 9.90 Å². The van der Waals surface area contributed by atoms with E-state index in [0.29, 0.717) is 11.6 Å². The quantitative estimate of drug-likeness (QED) is 0.891. The standard InChI is InChI=1S/C19H24N2O2/c1-13-11-17(14(2)21(13)16-9-10-16)18(22)20-12-19(3,23)15-7-5-4-6-8-15/h4-8,11,16,23H,9-10,12H2,1-3H3,(H,20,22). The highest BCUT2D eigenvalue weighted by Gasteiger charge is 2.29. The van der Waals surface area contributed by atoms with Crippen LogP contribution in [0.3, 0.4) is 0 Å². The first kappa shape index (κ1) is 15.8. The van der Waals surface area contributed by atoms with Gasteiger partial charge in [0.1, 0.15) is 5.60 Å². The van der Waals surface area contributed by atoms with Gasteiger partial charge in [0.25, 0.3) is 5.91 Å². The molecule has 4 heteroatoms. The number of aryl methyl sites for hydroxylation is 1. The van der Waals surface area contributed by atoms with E-state index in [1.807, 2.05) is 50.2 Å². The molecule has 0 aliphatic heterocycles. The number of rotatable bonds is 5. The van der Waals surface area contributed by atoms with E-state index in [0.717, 1.165) is 17.0 Å². The van der Waals surface area contributed by atoms with Crippen LogP contribution >= 0.6 is 0 Å². The van der Waals surface area contributed by atoms with Crippen LogP contribution in [0.15, 0.2) is 36.4 Å². The largest absolute Gasteiger partial charge is 0.384 e. The van der Waals surface area contributed by atoms with E-state index < -0.39 is 5.60 Å². The SMILES string of the molecule is Cc1cc(C(=O)NCC(C)(O)c2ccccc2)c(C)n1C1CC1. The Morgan fingerprint density at radius 1 is 1.30 bits per heavy atom. The summed E-state index contributed by atoms with van der Waals surface area (Å²) < 4.78 is 2.25. The van der Waals surface area contributed by atoms with Gasteiger partial charge in [-0.25, -0.2) is 0 Å². The summed E-state index contributed by atoms with van der Waals surface area (Å²) in [5, 5.41) is 13.5. The zero-order chi connectivity index (χ0) is 16.6. The van der Waals surface area contributed by atoms with E-state index in [-0.39, 0.29) is 12.5 Å². The molecule has 0 saturated heterocycles. The maximum absolute atomic E-state index is 12.5. The summed E-state index contributed by atoms with van der Waals surface area (Å²) in [5.41, 5.74) is 2.56. The number of nitrogens with zero attached hydrogens (tertiary/aromatic N) is 1. The van der Waals surface area contributed by atoms with Gasteiger partial charge < -0.3 is 15.0 Å². The first-order chi connectivity index (χ1) is 10.9. The number of hydrogen-bond acceptors (Lipinski definition) is 2. The third-order valence-electron chi connectivity index (χ3n) is 4.63. The molecular weight excluding hydrogens is 288 g/mol. The summed E-state index contributed by atoms with van der Waals surface area (Å²) >= 11 is 0. The van der Waals surface area contributed by atoms with Crippen LogP contribution in [0.5, 0.6) is 0 Å². The minimum absolute atomic E-state index is 0.124. The highest BCUT2D eigenvalue weighted by molar-refractivity contribution is 5.95. The molecule has 23 heavy (non-hydrogen) atoms. The van der Waals surface area contributed by atoms with Crippen LogP contribution in [-0.4, -0.2) is 22.1 Å². The molecule has 122 valence electrons. The number of aromatic nitrogens is 1. The van der Waals surface area contributed by atoms with E-state index in [4.69, 9.17) is 0 Å². The Kier molecular flexibility index (Phi) is 4.02. The number of hydrogen-bond donors (Lipinski definition) is 2. The van der Waals surface area contributed by atoms with Crippen LogP contribution in [0.25, 0.3) is 0 Å². The maximum Gasteiger partial charge on any atom is 0.253 e. The van der Waals surface area contributed by atoms with Gasteiger partial charge >= 0.3 is 0 Å². The Bertz CT molecular complexity index is 712. The van der Waals surface area contributed by atoms with Gasteiger partial charge in [0.2, 0.25) is 0 Å². The predicted molar refractivity (Wildman–Crippen MR) is 90.5 cm³/mol. The van der Waals surface area contributed by atoms with Crippen molar-refractivity contribution in [3.05, 3.63) is 58.9 Å². The van der Waals surface area contributed by atoms with Crippen LogP contribution in [0.1, 0.15) is 53.1 Å². The lowest BCUT2D eigenvalue weighted by molar-refractivity contribution is 0.0526. The predicted octanol–water partition coefficient (Wildman–Crippen LogP) is 3.08. The highest BCUT2D eigenvalue weighted by atomic mass is 16.3. The van der Waals surface area contributed by atoms with Crippen molar-refractivity contribution in [2.75, 3.05) is 6.54 Å². The second-order valence-corrected chi connectivity index (χ2v) is 6.71. The van der Waals surface area contributed by atoms with Crippen molar-refractivity contribution >= 4 is 5.91 Å². The lowest BCUT2D eigenvalue weighted by Crippen LogP contribution is -2.38. The Hall–Kier alpha value is -2.07. The average Bonchev–Trinajstić information content (AvgIpc) is 3.31. The Morgan fingerprint density at radius 3 is 2.57 bits per heavy atom. The number of carbonyl (C=O) groups excluding carboxylic acids is 1. The Labute approximate surface area is 137 Å². The fourth-order valence-electron chi connectivity index (χ4n) is 3.15. The number of aliphatic hydroxyl groups is 1. The lowest BCUT2D eigenvalue weighted by Gasteiger charge is -2.24. The van der Waals surface area contributed by atoms with Crippen molar-refractivity contribution in [1.29, 1.82) is 0 Å². The molecule has 0 bridgehead atoms. The molecule has 1 aliphatic carbocycles. The smallest absolute Gasteiger partial charge is 0.253 e. The van der Waals surface area contributed by atoms with Crippen LogP contribution in [0, 0.1) is 13.8 Å². The summed E-state index contributed by atoms with van der Waals surface area (Å²) in [4.78, 5) is 12.5. The van der Waals surface area contributed by atoms with Gasteiger partial charge in [-0.1, -0.05) is 30.3 Å². The third kappa shape index (κ3) is 3.17. The van der Waals surface area contributed by atoms with Gasteiger partial charge in [-0.3, -0.25) is 4.79 Å². The number of benzene rings is 1. The fourth-order valence-corrected chi connectivity index (χ4v) is 3.15. The van der Waals surface area contributed by atoms with Gasteiger partial charge in [-0.05, 0) is 45.2 Å². The van der Waals surface area contributed by atoms with Crippen LogP contribution < -0.4 is 5.32 Å². The normalized spacial score (nSPS) is 16.9. The summed E-state index contributed by atoms with van der Waals surface area (Å²) in [6.07, 6.45) is 2.39. The molecule has 0 spiro atoms. The molecule has 1 amide bonds. The molecule has 2 N–H and O–H groups in total. The summed E-state index contributed by atoms with van der Waals surface area (Å²) in [7, 11) is 0. The summed E-state index contributed by atoms with van der Waals surface area (Å²) in [5.74, 6) is -0.124. The third-order valence-corrected chi connectivity index (χ3v) is 4.63. The van der Waals surface area contributed by atoms with Gasteiger partial charge in [-0.2, -0.15) is 0 Å². The van der Waals surface area contributed by atoms with Gasteiger partial charge in [0, 0.05) is 17.4 Å². The molecule has 0 radical (unpaired) electrons. The van der Waals surface area contributed by atoms with Crippen LogP contribution in [0.4, 0.5) is 0 Å². The second-order valence-electron chi connectivity index (χ2n) is 6.71. The molecule has 1 atom stereocenters. The molecule has 1 aromatic carbocycles. The van der Waals surface area contributed by atoms with Crippen molar-refractivity contribution in [1.82, 2.24) is 9.88 Å². The topological polar surface area (TPSA) is 54.3 Å². The number of nitrogens with one attached hydrogen (secondary N) is 1. The molecule has 1 saturated carbocycles. The van der Waals surface area contributed by atoms with Gasteiger partial charge in [-0.15, -0.1) is 0 Å². The van der Waals surface area contributed by atoms with Crippen molar-refractivity contribution < 1.29 is 9.90 Å². The van der Waals surface area contributed by atoms with Crippen molar-refractivity contribution in [3.8, 4) is 0 Å². The van der Waals surface area contributed by atoms with E-state index in [2.05, 4.69) is 9.88 Å². The highest BCUT2D eigenvalue weighted by Crippen LogP contribution is 2.38. The van der Waals surface area contributed by atoms with Crippen molar-refractivity contribution in [2.45, 2.75) is 45.3 Å². The van der Waals surface area contributed by atoms with Crippen molar-refractivity contribution in [2.24, 2.45) is 0 Å². The average molecular weight is 312 g/mol. The molecule has 1 unspecified atom stereocenters. The molecule has 1 fully saturated rings. The first-order valence-electron chi connectivity index (χ1n) is 8.14. The maximum atomic E-state index is 12.5. The molecule has 1 heterocycles. The summed E-state index contributed by atoms with van der Waals surface area (Å²) in [6.45, 7) is 5.94. The zero-order valence-corrected chi connectivity index (χ0v) is 14.0. The van der Waals surface area contributed by atoms with Crippen LogP contribution in [0.2, 0.25) is 0 Å². The van der Waals surface area contributed by atoms with E-state index in [1.165, 1.54) is 12.8 Å². The number of amides is 1. The second kappa shape index (κ2) is 5.85. The molecular formula is C19H24N2O2. The van der Waals surface area contributed by atoms with Gasteiger partial charge in [0.05, 0.1) is 12.1 Å². The molecule has 2 aromatic rings. The van der Waals surface area contributed by atoms with Crippen molar-refractivity contribution in [3.63, 3.8) is 0 Å². The van der Waals surface area contributed by atoms with E-state index >= 15 is 0 Å². The van der Waals surface area contributed by atoms with Gasteiger partial charge in [0.15, 0.2) is 0 Å². The minimum Gasteiger partial charge on any atom is -0.384 e. The number of carbonyl (C=O) groups is 1. The first-order valence-corrected chi connectivity index (χ1v) is 8.14. The lowest BCUT2D eigenvalue weighted by atomic mass is 9.96. The molecule has 3 rings (SSSR count). The summed E-state index contributed by atoms with van der Waals surface area (Å²) in [6, 6.07) is 11.9. The monoisotopic (exact) mass is 312 g/mol. The fraction of sp³-hybridized carbons (Fsp3) is 0.421. The Balaban J connectivity index is 1.71. The Morgan fingerprint density at radius 2 is 1.96 bits per heavy atom. The molecule has 1 aromatic heterocycles. The zero-order valence-electron chi connectivity index (χ0n) is 14.0. The molecule has 1 aliphatic rings. The van der Waals surface area contributed by atoms with E-state index in [1.54, 1.807) is 6.92 Å². The van der Waals surface area contributed by atoms with Crippen LogP contribution in [-0.2, 0) is 5.60 Å². The molecule has 4 nitrogen and oxygen atoms in total.